The zero-order valence-corrected chi connectivity index (χ0v) is 19.7. The van der Waals surface area contributed by atoms with E-state index >= 15 is 0 Å². The Morgan fingerprint density at radius 3 is 2.94 bits per heavy atom. The maximum atomic E-state index is 13.1. The Hall–Kier alpha value is -2.69. The van der Waals surface area contributed by atoms with Crippen molar-refractivity contribution in [2.24, 2.45) is 0 Å². The molecule has 33 heavy (non-hydrogen) atoms. The summed E-state index contributed by atoms with van der Waals surface area (Å²) >= 11 is 2.74. The second-order valence-electron chi connectivity index (χ2n) is 8.03. The molecule has 8 nitrogen and oxygen atoms in total. The molecule has 0 spiro atoms. The van der Waals surface area contributed by atoms with Gasteiger partial charge in [0.25, 0.3) is 5.56 Å². The van der Waals surface area contributed by atoms with Crippen LogP contribution in [0.2, 0.25) is 0 Å². The number of thioether (sulfide) groups is 1. The molecule has 1 atom stereocenters. The van der Waals surface area contributed by atoms with Crippen molar-refractivity contribution >= 4 is 45.0 Å². The second-order valence-corrected chi connectivity index (χ2v) is 9.89. The number of carbonyl (C=O) groups excluding carboxylic acids is 1. The fourth-order valence-electron chi connectivity index (χ4n) is 4.10. The number of amides is 1. The van der Waals surface area contributed by atoms with Crippen LogP contribution in [0.3, 0.4) is 0 Å². The summed E-state index contributed by atoms with van der Waals surface area (Å²) in [4.78, 5) is 25.5. The lowest BCUT2D eigenvalue weighted by Gasteiger charge is -2.13. The number of hydrogen-bond donors (Lipinski definition) is 1. The summed E-state index contributed by atoms with van der Waals surface area (Å²) in [7, 11) is 0. The third-order valence-electron chi connectivity index (χ3n) is 5.73. The zero-order chi connectivity index (χ0) is 22.6. The molecule has 0 radical (unpaired) electrons. The van der Waals surface area contributed by atoms with Gasteiger partial charge in [0.05, 0.1) is 23.9 Å². The summed E-state index contributed by atoms with van der Waals surface area (Å²) in [6.07, 6.45) is 3.77. The molecule has 1 unspecified atom stereocenters. The molecular weight excluding hydrogens is 458 g/mol. The average Bonchev–Trinajstić information content (AvgIpc) is 3.59. The Morgan fingerprint density at radius 2 is 2.12 bits per heavy atom. The smallest absolute Gasteiger partial charge is 0.272 e. The number of thiophene rings is 1. The summed E-state index contributed by atoms with van der Waals surface area (Å²) in [5.74, 6) is 0.689. The van der Waals surface area contributed by atoms with Crippen LogP contribution in [0.4, 0.5) is 0 Å². The summed E-state index contributed by atoms with van der Waals surface area (Å²) in [5.41, 5.74) is 1.98. The van der Waals surface area contributed by atoms with Crippen LogP contribution in [0.5, 0.6) is 0 Å². The van der Waals surface area contributed by atoms with Gasteiger partial charge in [-0.05, 0) is 42.7 Å². The highest BCUT2D eigenvalue weighted by atomic mass is 32.2. The first-order valence-electron chi connectivity index (χ1n) is 11.1. The minimum Gasteiger partial charge on any atom is -0.376 e. The molecule has 4 heterocycles. The van der Waals surface area contributed by atoms with E-state index in [-0.39, 0.29) is 23.3 Å². The van der Waals surface area contributed by atoms with Crippen molar-refractivity contribution < 1.29 is 9.53 Å². The highest BCUT2D eigenvalue weighted by Gasteiger charge is 2.22. The summed E-state index contributed by atoms with van der Waals surface area (Å²) in [5, 5.41) is 14.1. The number of benzene rings is 1. The molecular formula is C23H25N5O3S2. The van der Waals surface area contributed by atoms with Gasteiger partial charge in [-0.3, -0.25) is 18.6 Å². The van der Waals surface area contributed by atoms with Gasteiger partial charge in [0.1, 0.15) is 4.70 Å². The van der Waals surface area contributed by atoms with E-state index < -0.39 is 0 Å². The van der Waals surface area contributed by atoms with Gasteiger partial charge in [0, 0.05) is 13.2 Å². The molecule has 1 aliphatic heterocycles. The molecule has 3 aromatic heterocycles. The van der Waals surface area contributed by atoms with Crippen LogP contribution in [0.15, 0.2) is 51.7 Å². The minimum atomic E-state index is -0.0666. The van der Waals surface area contributed by atoms with Crippen LogP contribution in [0.1, 0.15) is 24.8 Å². The molecule has 1 saturated heterocycles. The van der Waals surface area contributed by atoms with Gasteiger partial charge in [-0.25, -0.2) is 0 Å². The quantitative estimate of drug-likeness (QED) is 0.291. The van der Waals surface area contributed by atoms with Gasteiger partial charge in [0.15, 0.2) is 5.16 Å². The highest BCUT2D eigenvalue weighted by molar-refractivity contribution is 7.99. The van der Waals surface area contributed by atoms with Crippen molar-refractivity contribution in [1.82, 2.24) is 24.5 Å². The molecule has 1 aliphatic rings. The molecule has 1 N–H and O–H groups in total. The second kappa shape index (κ2) is 10.1. The van der Waals surface area contributed by atoms with Crippen LogP contribution in [0, 0.1) is 0 Å². The van der Waals surface area contributed by atoms with Gasteiger partial charge in [-0.2, -0.15) is 0 Å². The largest absolute Gasteiger partial charge is 0.376 e. The van der Waals surface area contributed by atoms with Crippen molar-refractivity contribution in [3.05, 3.63) is 57.7 Å². The van der Waals surface area contributed by atoms with Crippen molar-refractivity contribution in [3.8, 4) is 0 Å². The van der Waals surface area contributed by atoms with E-state index in [1.165, 1.54) is 28.7 Å². The number of aryl methyl sites for hydroxylation is 1. The number of ether oxygens (including phenoxy) is 1. The molecule has 0 aliphatic carbocycles. The van der Waals surface area contributed by atoms with E-state index in [1.54, 1.807) is 4.57 Å². The molecule has 1 amide bonds. The van der Waals surface area contributed by atoms with E-state index in [9.17, 15) is 9.59 Å². The molecule has 172 valence electrons. The number of aromatic nitrogens is 4. The number of nitrogens with one attached hydrogen (secondary N) is 1. The van der Waals surface area contributed by atoms with Crippen LogP contribution in [0.25, 0.3) is 16.0 Å². The normalized spacial score (nSPS) is 16.1. The number of carbonyl (C=O) groups is 1. The van der Waals surface area contributed by atoms with E-state index in [0.29, 0.717) is 28.7 Å². The van der Waals surface area contributed by atoms with Crippen LogP contribution in [-0.4, -0.2) is 50.1 Å². The highest BCUT2D eigenvalue weighted by Crippen LogP contribution is 2.25. The Balaban J connectivity index is 1.27. The van der Waals surface area contributed by atoms with Gasteiger partial charge in [-0.1, -0.05) is 42.1 Å². The van der Waals surface area contributed by atoms with Crippen LogP contribution >= 0.6 is 23.1 Å². The first kappa shape index (κ1) is 22.1. The maximum Gasteiger partial charge on any atom is 0.272 e. The van der Waals surface area contributed by atoms with Gasteiger partial charge < -0.3 is 10.1 Å². The minimum absolute atomic E-state index is 0.0124. The summed E-state index contributed by atoms with van der Waals surface area (Å²) < 4.78 is 9.95. The lowest BCUT2D eigenvalue weighted by Crippen LogP contribution is -2.28. The first-order valence-corrected chi connectivity index (χ1v) is 13.0. The molecule has 0 saturated carbocycles. The predicted molar refractivity (Wildman–Crippen MR) is 130 cm³/mol. The Bertz CT molecular complexity index is 1310. The van der Waals surface area contributed by atoms with Crippen LogP contribution in [-0.2, 0) is 22.5 Å². The first-order chi connectivity index (χ1) is 16.2. The van der Waals surface area contributed by atoms with E-state index in [1.807, 2.05) is 34.0 Å². The molecule has 4 aromatic rings. The Morgan fingerprint density at radius 1 is 1.24 bits per heavy atom. The van der Waals surface area contributed by atoms with Crippen molar-refractivity contribution in [2.45, 2.75) is 43.5 Å². The number of rotatable bonds is 9. The molecule has 10 heteroatoms. The lowest BCUT2D eigenvalue weighted by molar-refractivity contribution is -0.118. The fourth-order valence-corrected chi connectivity index (χ4v) is 5.69. The van der Waals surface area contributed by atoms with E-state index in [4.69, 9.17) is 4.74 Å². The Kier molecular flexibility index (Phi) is 6.75. The van der Waals surface area contributed by atoms with Gasteiger partial charge in [0.2, 0.25) is 11.7 Å². The van der Waals surface area contributed by atoms with Crippen molar-refractivity contribution in [1.29, 1.82) is 0 Å². The summed E-state index contributed by atoms with van der Waals surface area (Å²) in [6.45, 7) is 1.82. The number of nitrogens with zero attached hydrogens (tertiary/aromatic N) is 4. The Labute approximate surface area is 199 Å². The number of hydrogen-bond acceptors (Lipinski definition) is 7. The zero-order valence-electron chi connectivity index (χ0n) is 18.1. The lowest BCUT2D eigenvalue weighted by atomic mass is 10.1. The standard InChI is InChI=1S/C23H25N5O3S2/c29-19(24-11-4-8-16-6-2-1-3-7-16)15-33-23-26-25-22-27(14-17-9-5-12-31-17)21(30)20-18(28(22)23)10-13-32-20/h1-3,6-7,10,13,17H,4-5,8-9,11-12,14-15H2,(H,24,29). The third-order valence-corrected chi connectivity index (χ3v) is 7.55. The van der Waals surface area contributed by atoms with E-state index in [0.717, 1.165) is 37.8 Å². The van der Waals surface area contributed by atoms with E-state index in [2.05, 4.69) is 27.6 Å². The fraction of sp³-hybridized carbons (Fsp3) is 0.391. The van der Waals surface area contributed by atoms with Gasteiger partial charge >= 0.3 is 0 Å². The molecule has 5 rings (SSSR count). The predicted octanol–water partition coefficient (Wildman–Crippen LogP) is 3.13. The van der Waals surface area contributed by atoms with Gasteiger partial charge in [-0.15, -0.1) is 21.5 Å². The van der Waals surface area contributed by atoms with Crippen LogP contribution < -0.4 is 10.9 Å². The third kappa shape index (κ3) is 4.83. The van der Waals surface area contributed by atoms with Crippen molar-refractivity contribution in [2.75, 3.05) is 18.9 Å². The summed E-state index contributed by atoms with van der Waals surface area (Å²) in [6, 6.07) is 12.1. The maximum absolute atomic E-state index is 13.1. The monoisotopic (exact) mass is 483 g/mol. The van der Waals surface area contributed by atoms with Crippen molar-refractivity contribution in [3.63, 3.8) is 0 Å². The topological polar surface area (TPSA) is 90.5 Å². The number of fused-ring (bicyclic) bond motifs is 3. The molecule has 0 bridgehead atoms. The molecule has 1 fully saturated rings. The average molecular weight is 484 g/mol. The SMILES string of the molecule is O=C(CSc1nnc2n(CC3CCCO3)c(=O)c3sccc3n12)NCCCc1ccccc1. The molecule has 1 aromatic carbocycles.